The van der Waals surface area contributed by atoms with Crippen LogP contribution in [0.5, 0.6) is 0 Å². The van der Waals surface area contributed by atoms with Gasteiger partial charge < -0.3 is 20.7 Å². The van der Waals surface area contributed by atoms with Crippen LogP contribution in [0.3, 0.4) is 0 Å². The maximum Gasteiger partial charge on any atom is 0.317 e. The first-order valence-electron chi connectivity index (χ1n) is 5.66. The summed E-state index contributed by atoms with van der Waals surface area (Å²) in [6, 6.07) is 0.644. The van der Waals surface area contributed by atoms with E-state index in [-0.39, 0.29) is 12.1 Å². The minimum absolute atomic E-state index is 0.0263. The molecule has 0 aromatic carbocycles. The highest BCUT2D eigenvalue weighted by Gasteiger charge is 2.33. The van der Waals surface area contributed by atoms with Gasteiger partial charge in [0.25, 0.3) is 0 Å². The molecule has 1 heterocycles. The molecule has 2 amide bonds. The molecule has 3 N–H and O–H groups in total. The summed E-state index contributed by atoms with van der Waals surface area (Å²) in [4.78, 5) is 13.7. The van der Waals surface area contributed by atoms with Crippen LogP contribution in [0.1, 0.15) is 19.3 Å². The van der Waals surface area contributed by atoms with E-state index in [1.807, 2.05) is 4.90 Å². The lowest BCUT2D eigenvalue weighted by molar-refractivity contribution is 0.177. The molecule has 0 spiro atoms. The second kappa shape index (κ2) is 4.81. The average Bonchev–Trinajstić information content (AvgIpc) is 2.93. The molecule has 1 saturated heterocycles. The Balaban J connectivity index is 1.80. The molecule has 1 aliphatic carbocycles. The molecule has 2 fully saturated rings. The molecule has 1 atom stereocenters. The van der Waals surface area contributed by atoms with E-state index in [2.05, 4.69) is 5.32 Å². The highest BCUT2D eigenvalue weighted by molar-refractivity contribution is 5.75. The Hall–Kier alpha value is -0.810. The Morgan fingerprint density at radius 3 is 2.80 bits per heavy atom. The summed E-state index contributed by atoms with van der Waals surface area (Å²) in [5, 5.41) is 2.99. The number of hydrogen-bond acceptors (Lipinski definition) is 3. The maximum absolute atomic E-state index is 11.9. The normalized spacial score (nSPS) is 25.3. The minimum atomic E-state index is 0.0263. The van der Waals surface area contributed by atoms with Gasteiger partial charge in [0.05, 0.1) is 12.6 Å². The van der Waals surface area contributed by atoms with Crippen LogP contribution >= 0.6 is 0 Å². The SMILES string of the molecule is NCCN(C(=O)NC1CCOC1)C1CC1. The zero-order valence-electron chi connectivity index (χ0n) is 8.95. The quantitative estimate of drug-likeness (QED) is 0.685. The highest BCUT2D eigenvalue weighted by Crippen LogP contribution is 2.26. The lowest BCUT2D eigenvalue weighted by Gasteiger charge is -2.23. The number of ether oxygens (including phenoxy) is 1. The van der Waals surface area contributed by atoms with Gasteiger partial charge in [-0.05, 0) is 19.3 Å². The number of urea groups is 1. The fraction of sp³-hybridized carbons (Fsp3) is 0.900. The molecule has 5 nitrogen and oxygen atoms in total. The molecule has 0 radical (unpaired) electrons. The Labute approximate surface area is 89.9 Å². The van der Waals surface area contributed by atoms with Crippen LogP contribution in [0.2, 0.25) is 0 Å². The van der Waals surface area contributed by atoms with Crippen LogP contribution in [-0.2, 0) is 4.74 Å². The summed E-state index contributed by atoms with van der Waals surface area (Å²) in [6.07, 6.45) is 3.16. The fourth-order valence-corrected chi connectivity index (χ4v) is 1.88. The van der Waals surface area contributed by atoms with Crippen molar-refractivity contribution in [2.75, 3.05) is 26.3 Å². The number of carbonyl (C=O) groups is 1. The highest BCUT2D eigenvalue weighted by atomic mass is 16.5. The molecule has 86 valence electrons. The predicted molar refractivity (Wildman–Crippen MR) is 56.5 cm³/mol. The van der Waals surface area contributed by atoms with Crippen molar-refractivity contribution in [1.29, 1.82) is 0 Å². The number of nitrogens with two attached hydrogens (primary N) is 1. The third-order valence-electron chi connectivity index (χ3n) is 2.88. The molecule has 1 saturated carbocycles. The number of amides is 2. The van der Waals surface area contributed by atoms with E-state index < -0.39 is 0 Å². The van der Waals surface area contributed by atoms with Crippen LogP contribution < -0.4 is 11.1 Å². The molecule has 15 heavy (non-hydrogen) atoms. The molecule has 2 aliphatic rings. The van der Waals surface area contributed by atoms with E-state index in [4.69, 9.17) is 10.5 Å². The lowest BCUT2D eigenvalue weighted by Crippen LogP contribution is -2.47. The van der Waals surface area contributed by atoms with Crippen LogP contribution in [0.25, 0.3) is 0 Å². The van der Waals surface area contributed by atoms with Crippen molar-refractivity contribution in [3.05, 3.63) is 0 Å². The van der Waals surface area contributed by atoms with Gasteiger partial charge in [-0.25, -0.2) is 4.79 Å². The molecule has 1 unspecified atom stereocenters. The van der Waals surface area contributed by atoms with Gasteiger partial charge in [0.15, 0.2) is 0 Å². The van der Waals surface area contributed by atoms with Gasteiger partial charge in [0.1, 0.15) is 0 Å². The number of hydrogen-bond donors (Lipinski definition) is 2. The van der Waals surface area contributed by atoms with E-state index in [1.165, 1.54) is 0 Å². The van der Waals surface area contributed by atoms with Gasteiger partial charge in [0.2, 0.25) is 0 Å². The first kappa shape index (κ1) is 10.7. The number of nitrogens with zero attached hydrogens (tertiary/aromatic N) is 1. The van der Waals surface area contributed by atoms with Crippen LogP contribution in [-0.4, -0.2) is 49.3 Å². The Kier molecular flexibility index (Phi) is 3.43. The molecule has 0 bridgehead atoms. The first-order valence-corrected chi connectivity index (χ1v) is 5.66. The summed E-state index contributed by atoms with van der Waals surface area (Å²) in [7, 11) is 0. The van der Waals surface area contributed by atoms with Crippen molar-refractivity contribution in [1.82, 2.24) is 10.2 Å². The molecule has 5 heteroatoms. The minimum Gasteiger partial charge on any atom is -0.379 e. The maximum atomic E-state index is 11.9. The van der Waals surface area contributed by atoms with Crippen molar-refractivity contribution >= 4 is 6.03 Å². The van der Waals surface area contributed by atoms with Crippen molar-refractivity contribution in [2.45, 2.75) is 31.3 Å². The second-order valence-corrected chi connectivity index (χ2v) is 4.22. The Bertz CT molecular complexity index is 225. The monoisotopic (exact) mass is 213 g/mol. The zero-order valence-corrected chi connectivity index (χ0v) is 8.95. The number of carbonyl (C=O) groups excluding carboxylic acids is 1. The smallest absolute Gasteiger partial charge is 0.317 e. The van der Waals surface area contributed by atoms with Crippen molar-refractivity contribution in [3.63, 3.8) is 0 Å². The molecule has 0 aromatic heterocycles. The summed E-state index contributed by atoms with van der Waals surface area (Å²) in [5.74, 6) is 0. The largest absolute Gasteiger partial charge is 0.379 e. The summed E-state index contributed by atoms with van der Waals surface area (Å²) in [6.45, 7) is 2.59. The summed E-state index contributed by atoms with van der Waals surface area (Å²) < 4.78 is 5.22. The zero-order chi connectivity index (χ0) is 10.7. The van der Waals surface area contributed by atoms with E-state index in [0.717, 1.165) is 25.9 Å². The molecule has 0 aromatic rings. The van der Waals surface area contributed by atoms with Gasteiger partial charge in [-0.3, -0.25) is 0 Å². The van der Waals surface area contributed by atoms with Gasteiger partial charge >= 0.3 is 6.03 Å². The van der Waals surface area contributed by atoms with Gasteiger partial charge in [-0.15, -0.1) is 0 Å². The first-order chi connectivity index (χ1) is 7.31. The second-order valence-electron chi connectivity index (χ2n) is 4.22. The third-order valence-corrected chi connectivity index (χ3v) is 2.88. The van der Waals surface area contributed by atoms with E-state index in [1.54, 1.807) is 0 Å². The van der Waals surface area contributed by atoms with Gasteiger partial charge in [-0.1, -0.05) is 0 Å². The molecular formula is C10H19N3O2. The van der Waals surface area contributed by atoms with Crippen LogP contribution in [0.15, 0.2) is 0 Å². The predicted octanol–water partition coefficient (Wildman–Crippen LogP) is -0.0920. The standard InChI is InChI=1S/C10H19N3O2/c11-4-5-13(9-1-2-9)10(14)12-8-3-6-15-7-8/h8-9H,1-7,11H2,(H,12,14). The van der Waals surface area contributed by atoms with Crippen molar-refractivity contribution in [2.24, 2.45) is 5.73 Å². The average molecular weight is 213 g/mol. The summed E-state index contributed by atoms with van der Waals surface area (Å²) in [5.41, 5.74) is 5.49. The topological polar surface area (TPSA) is 67.6 Å². The molecular weight excluding hydrogens is 194 g/mol. The van der Waals surface area contributed by atoms with E-state index in [9.17, 15) is 4.79 Å². The van der Waals surface area contributed by atoms with E-state index in [0.29, 0.717) is 25.7 Å². The molecule has 1 aliphatic heterocycles. The van der Waals surface area contributed by atoms with E-state index >= 15 is 0 Å². The number of rotatable bonds is 4. The van der Waals surface area contributed by atoms with Crippen molar-refractivity contribution in [3.8, 4) is 0 Å². The Morgan fingerprint density at radius 1 is 1.47 bits per heavy atom. The van der Waals surface area contributed by atoms with Crippen molar-refractivity contribution < 1.29 is 9.53 Å². The lowest BCUT2D eigenvalue weighted by atomic mass is 10.3. The van der Waals surface area contributed by atoms with Crippen LogP contribution in [0.4, 0.5) is 4.79 Å². The van der Waals surface area contributed by atoms with Crippen LogP contribution in [0, 0.1) is 0 Å². The third kappa shape index (κ3) is 2.82. The van der Waals surface area contributed by atoms with Gasteiger partial charge in [-0.2, -0.15) is 0 Å². The summed E-state index contributed by atoms with van der Waals surface area (Å²) >= 11 is 0. The number of nitrogens with one attached hydrogen (secondary N) is 1. The fourth-order valence-electron chi connectivity index (χ4n) is 1.88. The molecule has 2 rings (SSSR count). The Morgan fingerprint density at radius 2 is 2.27 bits per heavy atom. The van der Waals surface area contributed by atoms with Gasteiger partial charge in [0, 0.05) is 25.7 Å².